The molecule has 0 aromatic heterocycles. The van der Waals surface area contributed by atoms with Crippen molar-refractivity contribution in [2.75, 3.05) is 13.1 Å². The standard InChI is InChI=1S/C31H34N6O2/c32-30(38)25-7-4-13-36(25)19-20-15-24(16-20)29-26-18-34-12-14-37(26,33)31(35-29)23-9-8-22-10-11-27(39-28(22)17-23)21-5-2-1-3-6-21/h1-3,5-6,8-9,12,14,17-18,20,24-25,27H,4,7,10-11,13,15-16,19,33H2,(H-,32,38)/p+1/t20?,24?,25-,27+,37?/m0/s1. The molecule has 1 aliphatic carbocycles. The molecule has 8 nitrogen and oxygen atoms in total. The lowest BCUT2D eigenvalue weighted by Gasteiger charge is -2.38. The number of aliphatic imine (C=N–C) groups is 2. The molecule has 2 fully saturated rings. The molecule has 1 saturated carbocycles. The molecule has 1 unspecified atom stereocenters. The van der Waals surface area contributed by atoms with Crippen LogP contribution in [-0.2, 0) is 11.2 Å². The lowest BCUT2D eigenvalue weighted by Crippen LogP contribution is -2.53. The van der Waals surface area contributed by atoms with Crippen LogP contribution in [0.5, 0.6) is 5.75 Å². The number of nitrogens with two attached hydrogens (primary N) is 2. The van der Waals surface area contributed by atoms with Crippen molar-refractivity contribution in [2.24, 2.45) is 33.4 Å². The van der Waals surface area contributed by atoms with Gasteiger partial charge in [0.15, 0.2) is 0 Å². The van der Waals surface area contributed by atoms with Gasteiger partial charge >= 0.3 is 0 Å². The third kappa shape index (κ3) is 4.23. The molecule has 0 bridgehead atoms. The average molecular weight is 524 g/mol. The Labute approximate surface area is 228 Å². The van der Waals surface area contributed by atoms with Crippen LogP contribution in [0.15, 0.2) is 82.3 Å². The number of allylic oxidation sites excluding steroid dienone is 2. The molecule has 4 N–H and O–H groups in total. The van der Waals surface area contributed by atoms with Gasteiger partial charge in [0.25, 0.3) is 5.84 Å². The van der Waals surface area contributed by atoms with Crippen LogP contribution in [0.25, 0.3) is 0 Å². The molecule has 39 heavy (non-hydrogen) atoms. The first kappa shape index (κ1) is 24.5. The minimum atomic E-state index is -0.196. The number of aryl methyl sites for hydroxylation is 1. The smallest absolute Gasteiger partial charge is 0.265 e. The highest BCUT2D eigenvalue weighted by Crippen LogP contribution is 2.46. The number of carbonyl (C=O) groups excluding carboxylic acids is 1. The number of fused-ring (bicyclic) bond motifs is 2. The van der Waals surface area contributed by atoms with Gasteiger partial charge in [0.1, 0.15) is 23.8 Å². The van der Waals surface area contributed by atoms with E-state index in [1.807, 2.05) is 18.5 Å². The lowest BCUT2D eigenvalue weighted by molar-refractivity contribution is -0.750. The molecule has 0 radical (unpaired) electrons. The number of amidine groups is 1. The van der Waals surface area contributed by atoms with E-state index in [-0.39, 0.29) is 22.6 Å². The number of primary amides is 1. The number of hydrogen-bond acceptors (Lipinski definition) is 6. The molecule has 2 aromatic carbocycles. The van der Waals surface area contributed by atoms with Gasteiger partial charge in [0.05, 0.1) is 24.0 Å². The highest BCUT2D eigenvalue weighted by molar-refractivity contribution is 6.00. The number of ether oxygens (including phenoxy) is 1. The van der Waals surface area contributed by atoms with Crippen LogP contribution in [0.4, 0.5) is 0 Å². The summed E-state index contributed by atoms with van der Waals surface area (Å²) in [6.07, 6.45) is 11.5. The molecule has 2 aromatic rings. The first-order chi connectivity index (χ1) is 19.0. The fourth-order valence-corrected chi connectivity index (χ4v) is 6.92. The van der Waals surface area contributed by atoms with Gasteiger partial charge in [-0.05, 0) is 74.2 Å². The van der Waals surface area contributed by atoms with Gasteiger partial charge in [-0.2, -0.15) is 10.8 Å². The first-order valence-corrected chi connectivity index (χ1v) is 14.1. The second kappa shape index (κ2) is 9.55. The van der Waals surface area contributed by atoms with E-state index in [1.54, 1.807) is 6.20 Å². The van der Waals surface area contributed by atoms with Gasteiger partial charge in [-0.25, -0.2) is 0 Å². The molecular weight excluding hydrogens is 488 g/mol. The zero-order valence-corrected chi connectivity index (χ0v) is 22.1. The Morgan fingerprint density at radius 1 is 1.13 bits per heavy atom. The van der Waals surface area contributed by atoms with Crippen LogP contribution in [0.2, 0.25) is 0 Å². The molecule has 200 valence electrons. The minimum absolute atomic E-state index is 0.0246. The maximum Gasteiger partial charge on any atom is 0.265 e. The zero-order valence-electron chi connectivity index (χ0n) is 22.1. The second-order valence-corrected chi connectivity index (χ2v) is 11.5. The topological polar surface area (TPSA) is 106 Å². The summed E-state index contributed by atoms with van der Waals surface area (Å²) >= 11 is 0. The van der Waals surface area contributed by atoms with E-state index in [2.05, 4.69) is 52.4 Å². The summed E-state index contributed by atoms with van der Waals surface area (Å²) in [6, 6.07) is 16.7. The molecule has 4 aliphatic heterocycles. The Morgan fingerprint density at radius 3 is 2.79 bits per heavy atom. The number of hydrogen-bond donors (Lipinski definition) is 2. The van der Waals surface area contributed by atoms with Crippen molar-refractivity contribution in [1.82, 2.24) is 4.90 Å². The van der Waals surface area contributed by atoms with Gasteiger partial charge in [0.2, 0.25) is 11.6 Å². The summed E-state index contributed by atoms with van der Waals surface area (Å²) in [5.41, 5.74) is 11.0. The number of benzene rings is 2. The molecule has 4 heterocycles. The maximum atomic E-state index is 11.8. The molecule has 8 heteroatoms. The van der Waals surface area contributed by atoms with Crippen molar-refractivity contribution in [3.8, 4) is 5.75 Å². The summed E-state index contributed by atoms with van der Waals surface area (Å²) in [7, 11) is 0. The van der Waals surface area contributed by atoms with Gasteiger partial charge in [-0.3, -0.25) is 14.7 Å². The number of rotatable bonds is 6. The number of likely N-dealkylation sites (tertiary alicyclic amines) is 1. The fraction of sp³-hybridized carbons (Fsp3) is 0.387. The second-order valence-electron chi connectivity index (χ2n) is 11.5. The summed E-state index contributed by atoms with van der Waals surface area (Å²) < 4.78 is 6.52. The van der Waals surface area contributed by atoms with Crippen molar-refractivity contribution in [3.05, 3.63) is 89.0 Å². The van der Waals surface area contributed by atoms with Gasteiger partial charge in [-0.1, -0.05) is 36.4 Å². The van der Waals surface area contributed by atoms with Gasteiger partial charge in [0, 0.05) is 12.5 Å². The third-order valence-electron chi connectivity index (χ3n) is 9.07. The van der Waals surface area contributed by atoms with Crippen molar-refractivity contribution in [1.29, 1.82) is 0 Å². The highest BCUT2D eigenvalue weighted by atomic mass is 16.5. The Kier molecular flexibility index (Phi) is 5.99. The van der Waals surface area contributed by atoms with Crippen LogP contribution < -0.4 is 16.3 Å². The Balaban J connectivity index is 1.12. The summed E-state index contributed by atoms with van der Waals surface area (Å²) in [5.74, 6) is 9.40. The highest BCUT2D eigenvalue weighted by Gasteiger charge is 2.48. The van der Waals surface area contributed by atoms with Crippen molar-refractivity contribution >= 4 is 18.0 Å². The van der Waals surface area contributed by atoms with E-state index in [0.29, 0.717) is 11.8 Å². The van der Waals surface area contributed by atoms with Crippen LogP contribution in [0.3, 0.4) is 0 Å². The van der Waals surface area contributed by atoms with E-state index >= 15 is 0 Å². The van der Waals surface area contributed by atoms with Gasteiger partial charge < -0.3 is 10.5 Å². The van der Waals surface area contributed by atoms with Crippen molar-refractivity contribution in [2.45, 2.75) is 50.7 Å². The monoisotopic (exact) mass is 523 g/mol. The van der Waals surface area contributed by atoms with E-state index in [9.17, 15) is 4.79 Å². The molecule has 3 atom stereocenters. The minimum Gasteiger partial charge on any atom is -0.485 e. The van der Waals surface area contributed by atoms with E-state index in [1.165, 1.54) is 11.1 Å². The summed E-state index contributed by atoms with van der Waals surface area (Å²) in [6.45, 7) is 1.88. The number of nitrogens with zero attached hydrogens (tertiary/aromatic N) is 4. The molecule has 7 rings (SSSR count). The third-order valence-corrected chi connectivity index (χ3v) is 9.07. The molecular formula is C31H35N6O2+. The SMILES string of the molecule is NC(=O)[C@@H]1CCCN1CC1CC(C2=C3C=NC=C[N+]3(N)C(c3ccc4c(c3)O[C@@H](c3ccccc3)CC4)=N2)C1. The normalized spacial score (nSPS) is 31.4. The Hall–Kier alpha value is -3.59. The first-order valence-electron chi connectivity index (χ1n) is 14.1. The predicted molar refractivity (Wildman–Crippen MR) is 150 cm³/mol. The maximum absolute atomic E-state index is 11.8. The average Bonchev–Trinajstić information content (AvgIpc) is 3.52. The largest absolute Gasteiger partial charge is 0.485 e. The number of quaternary nitrogens is 1. The zero-order chi connectivity index (χ0) is 26.6. The summed E-state index contributed by atoms with van der Waals surface area (Å²) in [4.78, 5) is 23.7. The van der Waals surface area contributed by atoms with Crippen LogP contribution >= 0.6 is 0 Å². The van der Waals surface area contributed by atoms with Gasteiger partial charge in [-0.15, -0.1) is 4.59 Å². The van der Waals surface area contributed by atoms with E-state index < -0.39 is 0 Å². The van der Waals surface area contributed by atoms with Crippen molar-refractivity contribution < 1.29 is 14.1 Å². The predicted octanol–water partition coefficient (Wildman–Crippen LogP) is 3.95. The van der Waals surface area contributed by atoms with Crippen LogP contribution in [0.1, 0.15) is 54.9 Å². The van der Waals surface area contributed by atoms with Crippen molar-refractivity contribution in [3.63, 3.8) is 0 Å². The quantitative estimate of drug-likeness (QED) is 0.442. The molecule has 1 saturated heterocycles. The molecule has 0 spiro atoms. The lowest BCUT2D eigenvalue weighted by atomic mass is 9.72. The van der Waals surface area contributed by atoms with E-state index in [4.69, 9.17) is 21.3 Å². The molecule has 1 amide bonds. The van der Waals surface area contributed by atoms with Crippen LogP contribution in [0, 0.1) is 11.8 Å². The number of carbonyl (C=O) groups is 1. The Morgan fingerprint density at radius 2 is 1.97 bits per heavy atom. The fourth-order valence-electron chi connectivity index (χ4n) is 6.92. The van der Waals surface area contributed by atoms with Crippen LogP contribution in [-0.4, -0.2) is 46.6 Å². The number of amides is 1. The van der Waals surface area contributed by atoms with E-state index in [0.717, 1.165) is 80.2 Å². The molecule has 5 aliphatic rings. The summed E-state index contributed by atoms with van der Waals surface area (Å²) in [5, 5.41) is 0. The Bertz CT molecular complexity index is 1420.